The van der Waals surface area contributed by atoms with Crippen LogP contribution in [-0.4, -0.2) is 14.6 Å². The van der Waals surface area contributed by atoms with Crippen molar-refractivity contribution >= 4 is 16.2 Å². The van der Waals surface area contributed by atoms with E-state index in [9.17, 15) is 8.42 Å². The van der Waals surface area contributed by atoms with Gasteiger partial charge in [0.05, 0.1) is 4.90 Å². The molecule has 2 rings (SSSR count). The third-order valence-corrected chi connectivity index (χ3v) is 4.29. The normalized spacial score (nSPS) is 11.9. The lowest BCUT2D eigenvalue weighted by atomic mass is 10.1. The highest BCUT2D eigenvalue weighted by atomic mass is 32.2. The minimum absolute atomic E-state index is 0.250. The zero-order chi connectivity index (χ0) is 13.9. The molecule has 0 fully saturated rings. The third kappa shape index (κ3) is 3.09. The monoisotopic (exact) mass is 273 g/mol. The number of hydrogen-bond acceptors (Lipinski definition) is 2. The SMILES string of the molecule is Cc1ccccc1/C=N/S(=O)(=O)c1ccccc1C. The molecule has 0 saturated heterocycles. The first-order valence-corrected chi connectivity index (χ1v) is 7.36. The van der Waals surface area contributed by atoms with Crippen molar-refractivity contribution in [2.75, 3.05) is 0 Å². The molecule has 0 aliphatic carbocycles. The molecule has 2 aromatic rings. The van der Waals surface area contributed by atoms with Gasteiger partial charge < -0.3 is 0 Å². The van der Waals surface area contributed by atoms with E-state index in [0.29, 0.717) is 5.56 Å². The fraction of sp³-hybridized carbons (Fsp3) is 0.133. The summed E-state index contributed by atoms with van der Waals surface area (Å²) in [7, 11) is -3.64. The second-order valence-electron chi connectivity index (χ2n) is 4.33. The standard InChI is InChI=1S/C15H15NO2S/c1-12-7-3-5-9-14(12)11-16-19(17,18)15-10-6-4-8-13(15)2/h3-11H,1-2H3/b16-11+. The first kappa shape index (κ1) is 13.5. The number of benzene rings is 2. The van der Waals surface area contributed by atoms with Gasteiger partial charge in [0.2, 0.25) is 0 Å². The smallest absolute Gasteiger partial charge is 0.199 e. The van der Waals surface area contributed by atoms with Crippen molar-refractivity contribution in [3.63, 3.8) is 0 Å². The highest BCUT2D eigenvalue weighted by Gasteiger charge is 2.13. The average molecular weight is 273 g/mol. The van der Waals surface area contributed by atoms with Crippen LogP contribution in [0.15, 0.2) is 57.8 Å². The zero-order valence-electron chi connectivity index (χ0n) is 10.9. The van der Waals surface area contributed by atoms with Gasteiger partial charge in [-0.3, -0.25) is 0 Å². The van der Waals surface area contributed by atoms with Crippen molar-refractivity contribution in [1.82, 2.24) is 0 Å². The molecular formula is C15H15NO2S. The van der Waals surface area contributed by atoms with Crippen molar-refractivity contribution in [1.29, 1.82) is 0 Å². The topological polar surface area (TPSA) is 46.5 Å². The van der Waals surface area contributed by atoms with E-state index in [1.807, 2.05) is 31.2 Å². The fourth-order valence-electron chi connectivity index (χ4n) is 1.76. The summed E-state index contributed by atoms with van der Waals surface area (Å²) < 4.78 is 28.0. The van der Waals surface area contributed by atoms with E-state index in [4.69, 9.17) is 0 Å². The highest BCUT2D eigenvalue weighted by Crippen LogP contribution is 2.17. The Morgan fingerprint density at radius 3 is 2.11 bits per heavy atom. The van der Waals surface area contributed by atoms with E-state index in [1.165, 1.54) is 6.21 Å². The van der Waals surface area contributed by atoms with Crippen LogP contribution in [0, 0.1) is 13.8 Å². The van der Waals surface area contributed by atoms with Gasteiger partial charge >= 0.3 is 0 Å². The van der Waals surface area contributed by atoms with E-state index < -0.39 is 10.0 Å². The van der Waals surface area contributed by atoms with E-state index >= 15 is 0 Å². The lowest BCUT2D eigenvalue weighted by Gasteiger charge is -2.03. The van der Waals surface area contributed by atoms with Crippen LogP contribution in [0.1, 0.15) is 16.7 Å². The summed E-state index contributed by atoms with van der Waals surface area (Å²) in [6, 6.07) is 14.4. The first-order valence-electron chi connectivity index (χ1n) is 5.92. The van der Waals surface area contributed by atoms with Crippen LogP contribution >= 0.6 is 0 Å². The maximum Gasteiger partial charge on any atom is 0.282 e. The van der Waals surface area contributed by atoms with Gasteiger partial charge in [-0.1, -0.05) is 42.5 Å². The molecule has 0 N–H and O–H groups in total. The molecular weight excluding hydrogens is 258 g/mol. The molecule has 2 aromatic carbocycles. The Morgan fingerprint density at radius 2 is 1.47 bits per heavy atom. The van der Waals surface area contributed by atoms with Crippen molar-refractivity contribution in [3.8, 4) is 0 Å². The Bertz CT molecular complexity index is 718. The number of nitrogens with zero attached hydrogens (tertiary/aromatic N) is 1. The molecule has 0 aromatic heterocycles. The van der Waals surface area contributed by atoms with Crippen LogP contribution in [0.5, 0.6) is 0 Å². The number of rotatable bonds is 3. The van der Waals surface area contributed by atoms with Crippen LogP contribution < -0.4 is 0 Å². The van der Waals surface area contributed by atoms with E-state index in [1.54, 1.807) is 31.2 Å². The summed E-state index contributed by atoms with van der Waals surface area (Å²) in [4.78, 5) is 0.250. The summed E-state index contributed by atoms with van der Waals surface area (Å²) in [5.74, 6) is 0. The summed E-state index contributed by atoms with van der Waals surface area (Å²) in [5, 5.41) is 0. The fourth-order valence-corrected chi connectivity index (χ4v) is 2.85. The predicted molar refractivity (Wildman–Crippen MR) is 77.1 cm³/mol. The summed E-state index contributed by atoms with van der Waals surface area (Å²) in [5.41, 5.74) is 2.50. The lowest BCUT2D eigenvalue weighted by molar-refractivity contribution is 0.597. The molecule has 0 spiro atoms. The Hall–Kier alpha value is -1.94. The molecule has 4 heteroatoms. The van der Waals surface area contributed by atoms with Crippen LogP contribution in [0.25, 0.3) is 0 Å². The highest BCUT2D eigenvalue weighted by molar-refractivity contribution is 7.90. The molecule has 0 aliphatic rings. The van der Waals surface area contributed by atoms with Gasteiger partial charge in [-0.25, -0.2) is 0 Å². The Labute approximate surface area is 113 Å². The van der Waals surface area contributed by atoms with Crippen molar-refractivity contribution in [2.24, 2.45) is 4.40 Å². The first-order chi connectivity index (χ1) is 9.00. The predicted octanol–water partition coefficient (Wildman–Crippen LogP) is 3.11. The van der Waals surface area contributed by atoms with Crippen LogP contribution in [0.4, 0.5) is 0 Å². The van der Waals surface area contributed by atoms with Gasteiger partial charge in [-0.15, -0.1) is 0 Å². The Balaban J connectivity index is 2.38. The maximum atomic E-state index is 12.1. The molecule has 0 atom stereocenters. The van der Waals surface area contributed by atoms with Gasteiger partial charge in [0, 0.05) is 6.21 Å². The molecule has 3 nitrogen and oxygen atoms in total. The van der Waals surface area contributed by atoms with Crippen molar-refractivity contribution < 1.29 is 8.42 Å². The second kappa shape index (κ2) is 5.36. The molecule has 0 radical (unpaired) electrons. The van der Waals surface area contributed by atoms with E-state index in [2.05, 4.69) is 4.40 Å². The van der Waals surface area contributed by atoms with Crippen molar-refractivity contribution in [3.05, 3.63) is 65.2 Å². The lowest BCUT2D eigenvalue weighted by Crippen LogP contribution is -2.00. The van der Waals surface area contributed by atoms with Crippen LogP contribution in [0.2, 0.25) is 0 Å². The van der Waals surface area contributed by atoms with Crippen LogP contribution in [0.3, 0.4) is 0 Å². The van der Waals surface area contributed by atoms with Crippen molar-refractivity contribution in [2.45, 2.75) is 18.7 Å². The van der Waals surface area contributed by atoms with E-state index in [0.717, 1.165) is 11.1 Å². The third-order valence-electron chi connectivity index (χ3n) is 2.89. The Morgan fingerprint density at radius 1 is 0.895 bits per heavy atom. The van der Waals surface area contributed by atoms with Gasteiger partial charge in [-0.2, -0.15) is 12.8 Å². The zero-order valence-corrected chi connectivity index (χ0v) is 11.7. The molecule has 0 unspecified atom stereocenters. The minimum atomic E-state index is -3.64. The van der Waals surface area contributed by atoms with Gasteiger partial charge in [0.25, 0.3) is 10.0 Å². The number of sulfonamides is 1. The molecule has 0 bridgehead atoms. The minimum Gasteiger partial charge on any atom is -0.199 e. The summed E-state index contributed by atoms with van der Waals surface area (Å²) >= 11 is 0. The van der Waals surface area contributed by atoms with E-state index in [-0.39, 0.29) is 4.90 Å². The maximum absolute atomic E-state index is 12.1. The second-order valence-corrected chi connectivity index (χ2v) is 5.93. The molecule has 0 heterocycles. The quantitative estimate of drug-likeness (QED) is 0.807. The Kier molecular flexibility index (Phi) is 3.81. The summed E-state index contributed by atoms with van der Waals surface area (Å²) in [6.07, 6.45) is 1.40. The largest absolute Gasteiger partial charge is 0.282 e. The molecule has 0 saturated carbocycles. The molecule has 0 aliphatic heterocycles. The van der Waals surface area contributed by atoms with Gasteiger partial charge in [0.15, 0.2) is 0 Å². The molecule has 0 amide bonds. The number of aryl methyl sites for hydroxylation is 2. The number of hydrogen-bond donors (Lipinski definition) is 0. The summed E-state index contributed by atoms with van der Waals surface area (Å²) in [6.45, 7) is 3.68. The van der Waals surface area contributed by atoms with Crippen LogP contribution in [-0.2, 0) is 10.0 Å². The van der Waals surface area contributed by atoms with Gasteiger partial charge in [0.1, 0.15) is 0 Å². The molecule has 98 valence electrons. The molecule has 19 heavy (non-hydrogen) atoms. The van der Waals surface area contributed by atoms with Gasteiger partial charge in [-0.05, 0) is 36.6 Å². The average Bonchev–Trinajstić information content (AvgIpc) is 2.38.